The van der Waals surface area contributed by atoms with Crippen LogP contribution in [0.2, 0.25) is 5.02 Å². The van der Waals surface area contributed by atoms with Crippen molar-refractivity contribution >= 4 is 28.8 Å². The van der Waals surface area contributed by atoms with E-state index in [1.54, 1.807) is 30.9 Å². The Morgan fingerprint density at radius 1 is 1.18 bits per heavy atom. The summed E-state index contributed by atoms with van der Waals surface area (Å²) in [4.78, 5) is 5.98. The molecule has 34 heavy (non-hydrogen) atoms. The Balaban J connectivity index is 1.75. The van der Waals surface area contributed by atoms with Crippen molar-refractivity contribution in [2.45, 2.75) is 26.3 Å². The quantitative estimate of drug-likeness (QED) is 0.469. The highest BCUT2D eigenvalue weighted by molar-refractivity contribution is 6.30. The number of nitrogens with one attached hydrogen (secondary N) is 2. The van der Waals surface area contributed by atoms with E-state index in [1.807, 2.05) is 6.07 Å². The molecule has 0 unspecified atom stereocenters. The molecular formula is C25H23ClF3N5. The zero-order valence-corrected chi connectivity index (χ0v) is 19.5. The third kappa shape index (κ3) is 4.67. The number of nitriles is 1. The van der Waals surface area contributed by atoms with Crippen LogP contribution in [0.15, 0.2) is 36.5 Å². The van der Waals surface area contributed by atoms with Crippen LogP contribution in [-0.4, -0.2) is 30.7 Å². The van der Waals surface area contributed by atoms with E-state index >= 15 is 4.39 Å². The second-order valence-electron chi connectivity index (χ2n) is 8.28. The highest BCUT2D eigenvalue weighted by Gasteiger charge is 2.24. The number of halogens is 4. The summed E-state index contributed by atoms with van der Waals surface area (Å²) in [7, 11) is 0. The van der Waals surface area contributed by atoms with Gasteiger partial charge in [-0.3, -0.25) is 0 Å². The van der Waals surface area contributed by atoms with Crippen molar-refractivity contribution in [3.05, 3.63) is 81.3 Å². The van der Waals surface area contributed by atoms with E-state index in [1.165, 1.54) is 24.4 Å². The van der Waals surface area contributed by atoms with Crippen LogP contribution in [0.4, 0.5) is 30.4 Å². The summed E-state index contributed by atoms with van der Waals surface area (Å²) in [5.41, 5.74) is 2.09. The molecule has 0 spiro atoms. The standard InChI is InChI=1S/C25H23ClF3N5/c1-14-8-17(10-30)20(27)9-21(14)34(7-6-16-4-3-5-19(26)24(16)29)22-13-32-25(23(28)15(22)2)33-18-11-31-12-18/h3-5,8-9,13,18,31H,6-7,11-12H2,1-2H3,(H,32,33). The van der Waals surface area contributed by atoms with E-state index in [0.717, 1.165) is 13.1 Å². The molecule has 4 rings (SSSR count). The van der Waals surface area contributed by atoms with Gasteiger partial charge in [-0.25, -0.2) is 18.2 Å². The van der Waals surface area contributed by atoms with Crippen molar-refractivity contribution in [3.8, 4) is 6.07 Å². The zero-order valence-electron chi connectivity index (χ0n) is 18.7. The van der Waals surface area contributed by atoms with Crippen molar-refractivity contribution in [1.82, 2.24) is 10.3 Å². The Hall–Kier alpha value is -3.28. The third-order valence-electron chi connectivity index (χ3n) is 5.98. The molecule has 176 valence electrons. The average Bonchev–Trinajstić information content (AvgIpc) is 2.79. The van der Waals surface area contributed by atoms with Crippen molar-refractivity contribution in [2.24, 2.45) is 0 Å². The Kier molecular flexibility index (Phi) is 6.96. The number of hydrogen-bond donors (Lipinski definition) is 2. The molecule has 9 heteroatoms. The molecule has 0 radical (unpaired) electrons. The molecule has 1 aliphatic heterocycles. The third-order valence-corrected chi connectivity index (χ3v) is 6.28. The lowest BCUT2D eigenvalue weighted by Gasteiger charge is -2.31. The Bertz CT molecular complexity index is 1270. The van der Waals surface area contributed by atoms with Gasteiger partial charge < -0.3 is 15.5 Å². The normalized spacial score (nSPS) is 13.3. The van der Waals surface area contributed by atoms with Crippen molar-refractivity contribution in [2.75, 3.05) is 29.9 Å². The number of anilines is 3. The number of aryl methyl sites for hydroxylation is 1. The second kappa shape index (κ2) is 9.92. The lowest BCUT2D eigenvalue weighted by Crippen LogP contribution is -2.51. The number of rotatable bonds is 7. The smallest absolute Gasteiger partial charge is 0.170 e. The summed E-state index contributed by atoms with van der Waals surface area (Å²) in [6.07, 6.45) is 1.75. The zero-order chi connectivity index (χ0) is 24.4. The molecule has 2 N–H and O–H groups in total. The first kappa shape index (κ1) is 23.9. The maximum atomic E-state index is 15.3. The fourth-order valence-electron chi connectivity index (χ4n) is 3.92. The molecule has 5 nitrogen and oxygen atoms in total. The molecule has 1 saturated heterocycles. The lowest BCUT2D eigenvalue weighted by atomic mass is 10.1. The second-order valence-corrected chi connectivity index (χ2v) is 8.68. The molecule has 1 fully saturated rings. The summed E-state index contributed by atoms with van der Waals surface area (Å²) < 4.78 is 44.4. The predicted octanol–water partition coefficient (Wildman–Crippen LogP) is 5.41. The van der Waals surface area contributed by atoms with Crippen LogP contribution in [0.1, 0.15) is 22.3 Å². The van der Waals surface area contributed by atoms with Gasteiger partial charge >= 0.3 is 0 Å². The summed E-state index contributed by atoms with van der Waals surface area (Å²) in [6, 6.07) is 9.35. The molecule has 0 atom stereocenters. The van der Waals surface area contributed by atoms with E-state index in [2.05, 4.69) is 15.6 Å². The maximum absolute atomic E-state index is 15.3. The van der Waals surface area contributed by atoms with Gasteiger partial charge in [-0.1, -0.05) is 23.7 Å². The SMILES string of the molecule is Cc1cc(C#N)c(F)cc1N(CCc1cccc(Cl)c1F)c1cnc(NC2CNC2)c(F)c1C. The lowest BCUT2D eigenvalue weighted by molar-refractivity contribution is 0.467. The largest absolute Gasteiger partial charge is 0.362 e. The number of benzene rings is 2. The van der Waals surface area contributed by atoms with Crippen LogP contribution >= 0.6 is 11.6 Å². The van der Waals surface area contributed by atoms with Gasteiger partial charge in [-0.2, -0.15) is 5.26 Å². The monoisotopic (exact) mass is 485 g/mol. The van der Waals surface area contributed by atoms with Gasteiger partial charge in [-0.15, -0.1) is 0 Å². The molecule has 1 aliphatic rings. The predicted molar refractivity (Wildman–Crippen MR) is 127 cm³/mol. The molecule has 1 aromatic heterocycles. The summed E-state index contributed by atoms with van der Waals surface area (Å²) in [5.74, 6) is -1.57. The fourth-order valence-corrected chi connectivity index (χ4v) is 4.11. The minimum absolute atomic E-state index is 0.00875. The van der Waals surface area contributed by atoms with Gasteiger partial charge in [0.2, 0.25) is 0 Å². The number of aromatic nitrogens is 1. The van der Waals surface area contributed by atoms with Crippen LogP contribution in [0.5, 0.6) is 0 Å². The minimum Gasteiger partial charge on any atom is -0.362 e. The topological polar surface area (TPSA) is 64.0 Å². The summed E-state index contributed by atoms with van der Waals surface area (Å²) in [5, 5.41) is 15.4. The van der Waals surface area contributed by atoms with Gasteiger partial charge in [-0.05, 0) is 49.6 Å². The molecule has 0 saturated carbocycles. The molecule has 3 aromatic rings. The summed E-state index contributed by atoms with van der Waals surface area (Å²) in [6.45, 7) is 5.01. The first-order valence-electron chi connectivity index (χ1n) is 10.8. The van der Waals surface area contributed by atoms with E-state index < -0.39 is 17.5 Å². The van der Waals surface area contributed by atoms with Crippen LogP contribution in [-0.2, 0) is 6.42 Å². The highest BCUT2D eigenvalue weighted by atomic mass is 35.5. The number of nitrogens with zero attached hydrogens (tertiary/aromatic N) is 3. The van der Waals surface area contributed by atoms with Crippen molar-refractivity contribution < 1.29 is 13.2 Å². The van der Waals surface area contributed by atoms with E-state index in [4.69, 9.17) is 11.6 Å². The molecule has 2 heterocycles. The molecule has 0 aliphatic carbocycles. The molecule has 2 aromatic carbocycles. The summed E-state index contributed by atoms with van der Waals surface area (Å²) >= 11 is 5.92. The Labute approximate surface area is 201 Å². The molecule has 0 bridgehead atoms. The van der Waals surface area contributed by atoms with Crippen LogP contribution in [0, 0.1) is 42.6 Å². The number of hydrogen-bond acceptors (Lipinski definition) is 5. The molecular weight excluding hydrogens is 463 g/mol. The van der Waals surface area contributed by atoms with Crippen LogP contribution < -0.4 is 15.5 Å². The average molecular weight is 486 g/mol. The van der Waals surface area contributed by atoms with Gasteiger partial charge in [0.25, 0.3) is 0 Å². The van der Waals surface area contributed by atoms with Gasteiger partial charge in [0.15, 0.2) is 11.6 Å². The van der Waals surface area contributed by atoms with Gasteiger partial charge in [0, 0.05) is 30.9 Å². The van der Waals surface area contributed by atoms with Gasteiger partial charge in [0.1, 0.15) is 17.7 Å². The first-order chi connectivity index (χ1) is 16.3. The Morgan fingerprint density at radius 3 is 2.62 bits per heavy atom. The molecule has 0 amide bonds. The van der Waals surface area contributed by atoms with Crippen molar-refractivity contribution in [3.63, 3.8) is 0 Å². The number of pyridine rings is 1. The minimum atomic E-state index is -0.691. The first-order valence-corrected chi connectivity index (χ1v) is 11.2. The van der Waals surface area contributed by atoms with Crippen LogP contribution in [0.25, 0.3) is 0 Å². The van der Waals surface area contributed by atoms with E-state index in [-0.39, 0.29) is 35.4 Å². The van der Waals surface area contributed by atoms with E-state index in [0.29, 0.717) is 28.1 Å². The van der Waals surface area contributed by atoms with Gasteiger partial charge in [0.05, 0.1) is 28.5 Å². The van der Waals surface area contributed by atoms with Crippen molar-refractivity contribution in [1.29, 1.82) is 5.26 Å². The highest BCUT2D eigenvalue weighted by Crippen LogP contribution is 2.35. The van der Waals surface area contributed by atoms with Crippen LogP contribution in [0.3, 0.4) is 0 Å². The fraction of sp³-hybridized carbons (Fsp3) is 0.280. The maximum Gasteiger partial charge on any atom is 0.170 e. The van der Waals surface area contributed by atoms with E-state index in [9.17, 15) is 14.0 Å². The Morgan fingerprint density at radius 2 is 1.94 bits per heavy atom.